The molecule has 2 N–H and O–H groups in total. The van der Waals surface area contributed by atoms with Crippen molar-refractivity contribution in [1.29, 1.82) is 0 Å². The van der Waals surface area contributed by atoms with Gasteiger partial charge in [0.25, 0.3) is 17.4 Å². The first-order valence-electron chi connectivity index (χ1n) is 10.3. The van der Waals surface area contributed by atoms with Crippen LogP contribution in [-0.2, 0) is 7.05 Å². The van der Waals surface area contributed by atoms with Gasteiger partial charge in [-0.05, 0) is 44.4 Å². The van der Waals surface area contributed by atoms with E-state index in [4.69, 9.17) is 0 Å². The molecule has 0 aliphatic heterocycles. The molecule has 0 fully saturated rings. The molecule has 9 heteroatoms. The maximum absolute atomic E-state index is 13.1. The van der Waals surface area contributed by atoms with Crippen LogP contribution < -0.4 is 16.2 Å². The molecular formula is C23H27N5O3S. The van der Waals surface area contributed by atoms with Crippen molar-refractivity contribution in [1.82, 2.24) is 20.1 Å². The van der Waals surface area contributed by atoms with Crippen molar-refractivity contribution in [2.24, 2.45) is 13.0 Å². The summed E-state index contributed by atoms with van der Waals surface area (Å²) in [5.74, 6) is -0.315. The zero-order valence-corrected chi connectivity index (χ0v) is 19.9. The number of para-hydroxylation sites is 1. The van der Waals surface area contributed by atoms with Gasteiger partial charge in [0.05, 0.1) is 28.2 Å². The van der Waals surface area contributed by atoms with Gasteiger partial charge in [0.2, 0.25) is 0 Å². The number of hydrogen-bond acceptors (Lipinski definition) is 6. The number of amides is 2. The summed E-state index contributed by atoms with van der Waals surface area (Å²) in [4.78, 5) is 43.2. The highest BCUT2D eigenvalue weighted by molar-refractivity contribution is 7.17. The summed E-state index contributed by atoms with van der Waals surface area (Å²) >= 11 is 1.15. The summed E-state index contributed by atoms with van der Waals surface area (Å²) in [5.41, 5.74) is 2.96. The molecule has 0 aliphatic rings. The van der Waals surface area contributed by atoms with E-state index in [1.165, 1.54) is 4.68 Å². The molecule has 3 rings (SSSR count). The molecule has 0 atom stereocenters. The summed E-state index contributed by atoms with van der Waals surface area (Å²) in [6, 6.07) is 6.86. The van der Waals surface area contributed by atoms with E-state index >= 15 is 0 Å². The molecule has 0 saturated carbocycles. The molecule has 0 saturated heterocycles. The van der Waals surface area contributed by atoms with Crippen molar-refractivity contribution >= 4 is 28.8 Å². The molecule has 8 nitrogen and oxygen atoms in total. The standard InChI is InChI=1S/C23H27N5O3S/c1-12(2)11-24-20(29)16-9-7-8-10-17(16)26-21(30)19-15(5)25-22(32-19)18-13(3)14(4)27-28(6)23(18)31/h7-10,12H,11H2,1-6H3,(H,24,29)(H,26,30). The van der Waals surface area contributed by atoms with Crippen LogP contribution in [0.4, 0.5) is 5.69 Å². The number of hydrogen-bond donors (Lipinski definition) is 2. The van der Waals surface area contributed by atoms with Gasteiger partial charge < -0.3 is 10.6 Å². The minimum absolute atomic E-state index is 0.248. The second kappa shape index (κ2) is 9.44. The Bertz CT molecular complexity index is 1240. The molecule has 0 unspecified atom stereocenters. The fraction of sp³-hybridized carbons (Fsp3) is 0.348. The van der Waals surface area contributed by atoms with Crippen LogP contribution in [0.2, 0.25) is 0 Å². The van der Waals surface area contributed by atoms with E-state index in [0.29, 0.717) is 44.9 Å². The molecule has 0 radical (unpaired) electrons. The van der Waals surface area contributed by atoms with Crippen molar-refractivity contribution in [3.8, 4) is 10.6 Å². The van der Waals surface area contributed by atoms with Gasteiger partial charge in [-0.25, -0.2) is 9.67 Å². The van der Waals surface area contributed by atoms with Crippen LogP contribution in [0.1, 0.15) is 50.8 Å². The van der Waals surface area contributed by atoms with Gasteiger partial charge in [0.1, 0.15) is 9.88 Å². The average Bonchev–Trinajstić information content (AvgIpc) is 3.12. The molecule has 0 bridgehead atoms. The number of nitrogens with zero attached hydrogens (tertiary/aromatic N) is 3. The van der Waals surface area contributed by atoms with Crippen LogP contribution in [0.5, 0.6) is 0 Å². The highest BCUT2D eigenvalue weighted by Gasteiger charge is 2.22. The van der Waals surface area contributed by atoms with Crippen LogP contribution in [0.15, 0.2) is 29.1 Å². The number of anilines is 1. The van der Waals surface area contributed by atoms with Crippen molar-refractivity contribution in [3.05, 3.63) is 62.0 Å². The summed E-state index contributed by atoms with van der Waals surface area (Å²) in [6.45, 7) is 9.94. The van der Waals surface area contributed by atoms with E-state index in [2.05, 4.69) is 20.7 Å². The van der Waals surface area contributed by atoms with Crippen LogP contribution in [-0.4, -0.2) is 33.1 Å². The van der Waals surface area contributed by atoms with Crippen LogP contribution in [0.3, 0.4) is 0 Å². The highest BCUT2D eigenvalue weighted by atomic mass is 32.1. The topological polar surface area (TPSA) is 106 Å². The molecule has 1 aromatic carbocycles. The van der Waals surface area contributed by atoms with Gasteiger partial charge in [-0.2, -0.15) is 5.10 Å². The Morgan fingerprint density at radius 2 is 1.78 bits per heavy atom. The molecule has 32 heavy (non-hydrogen) atoms. The number of carbonyl (C=O) groups excluding carboxylic acids is 2. The summed E-state index contributed by atoms with van der Waals surface area (Å²) in [7, 11) is 1.59. The van der Waals surface area contributed by atoms with Gasteiger partial charge in [0.15, 0.2) is 0 Å². The molecule has 2 aromatic heterocycles. The summed E-state index contributed by atoms with van der Waals surface area (Å²) in [6.07, 6.45) is 0. The van der Waals surface area contributed by atoms with Crippen molar-refractivity contribution in [3.63, 3.8) is 0 Å². The lowest BCUT2D eigenvalue weighted by atomic mass is 10.1. The predicted molar refractivity (Wildman–Crippen MR) is 126 cm³/mol. The fourth-order valence-electron chi connectivity index (χ4n) is 3.18. The van der Waals surface area contributed by atoms with E-state index in [9.17, 15) is 14.4 Å². The zero-order chi connectivity index (χ0) is 23.6. The number of aryl methyl sites for hydroxylation is 3. The average molecular weight is 454 g/mol. The molecule has 2 heterocycles. The number of thiazole rings is 1. The lowest BCUT2D eigenvalue weighted by Gasteiger charge is -2.12. The largest absolute Gasteiger partial charge is 0.352 e. The maximum Gasteiger partial charge on any atom is 0.277 e. The normalized spacial score (nSPS) is 11.0. The third-order valence-electron chi connectivity index (χ3n) is 5.03. The van der Waals surface area contributed by atoms with Gasteiger partial charge >= 0.3 is 0 Å². The van der Waals surface area contributed by atoms with Gasteiger partial charge in [0, 0.05) is 13.6 Å². The minimum Gasteiger partial charge on any atom is -0.352 e. The van der Waals surface area contributed by atoms with Crippen LogP contribution in [0.25, 0.3) is 10.6 Å². The van der Waals surface area contributed by atoms with Gasteiger partial charge in [-0.3, -0.25) is 14.4 Å². The molecule has 2 amide bonds. The van der Waals surface area contributed by atoms with Crippen molar-refractivity contribution in [2.75, 3.05) is 11.9 Å². The molecular weight excluding hydrogens is 426 g/mol. The second-order valence-corrected chi connectivity index (χ2v) is 9.05. The number of carbonyl (C=O) groups is 2. The van der Waals surface area contributed by atoms with Gasteiger partial charge in [-0.1, -0.05) is 26.0 Å². The van der Waals surface area contributed by atoms with Crippen molar-refractivity contribution < 1.29 is 9.59 Å². The van der Waals surface area contributed by atoms with E-state index in [0.717, 1.165) is 22.6 Å². The summed E-state index contributed by atoms with van der Waals surface area (Å²) in [5, 5.41) is 10.4. The number of nitrogens with one attached hydrogen (secondary N) is 2. The Hall–Kier alpha value is -3.33. The predicted octanol–water partition coefficient (Wildman–Crippen LogP) is 3.47. The fourth-order valence-corrected chi connectivity index (χ4v) is 4.23. The quantitative estimate of drug-likeness (QED) is 0.594. The van der Waals surface area contributed by atoms with E-state index in [1.54, 1.807) is 38.2 Å². The summed E-state index contributed by atoms with van der Waals surface area (Å²) < 4.78 is 1.28. The zero-order valence-electron chi connectivity index (χ0n) is 19.1. The Kier molecular flexibility index (Phi) is 6.88. The SMILES string of the molecule is Cc1nc(-c2c(C)c(C)nn(C)c2=O)sc1C(=O)Nc1ccccc1C(=O)NCC(C)C. The van der Waals surface area contributed by atoms with Gasteiger partial charge in [-0.15, -0.1) is 11.3 Å². The number of aromatic nitrogens is 3. The first-order valence-corrected chi connectivity index (χ1v) is 11.1. The number of rotatable bonds is 6. The highest BCUT2D eigenvalue weighted by Crippen LogP contribution is 2.29. The Morgan fingerprint density at radius 1 is 1.09 bits per heavy atom. The first-order chi connectivity index (χ1) is 15.1. The van der Waals surface area contributed by atoms with E-state index in [1.807, 2.05) is 27.7 Å². The van der Waals surface area contributed by atoms with Crippen LogP contribution in [0, 0.1) is 26.7 Å². The Balaban J connectivity index is 1.92. The van der Waals surface area contributed by atoms with Crippen LogP contribution >= 0.6 is 11.3 Å². The molecule has 168 valence electrons. The third kappa shape index (κ3) is 4.77. The third-order valence-corrected chi connectivity index (χ3v) is 6.21. The lowest BCUT2D eigenvalue weighted by Crippen LogP contribution is -2.28. The smallest absolute Gasteiger partial charge is 0.277 e. The maximum atomic E-state index is 13.1. The van der Waals surface area contributed by atoms with E-state index < -0.39 is 0 Å². The minimum atomic E-state index is -0.379. The molecule has 0 aliphatic carbocycles. The Labute approximate surface area is 190 Å². The number of benzene rings is 1. The van der Waals surface area contributed by atoms with Crippen molar-refractivity contribution in [2.45, 2.75) is 34.6 Å². The Morgan fingerprint density at radius 3 is 2.47 bits per heavy atom. The molecule has 0 spiro atoms. The lowest BCUT2D eigenvalue weighted by molar-refractivity contribution is 0.0950. The first kappa shape index (κ1) is 23.3. The second-order valence-electron chi connectivity index (χ2n) is 8.05. The molecule has 3 aromatic rings. The monoisotopic (exact) mass is 453 g/mol. The van der Waals surface area contributed by atoms with E-state index in [-0.39, 0.29) is 17.4 Å².